The van der Waals surface area contributed by atoms with E-state index in [1.807, 2.05) is 55.5 Å². The first-order valence-corrected chi connectivity index (χ1v) is 13.8. The third kappa shape index (κ3) is 4.62. The Bertz CT molecular complexity index is 1820. The summed E-state index contributed by atoms with van der Waals surface area (Å²) in [5.41, 5.74) is 6.37. The first-order valence-electron chi connectivity index (χ1n) is 13.8. The fraction of sp³-hybridized carbons (Fsp3) is 0.200. The van der Waals surface area contributed by atoms with Crippen LogP contribution in [0.1, 0.15) is 63.2 Å². The second-order valence-electron chi connectivity index (χ2n) is 10.3. The lowest BCUT2D eigenvalue weighted by Gasteiger charge is -2.25. The molecule has 1 amide bonds. The van der Waals surface area contributed by atoms with Crippen LogP contribution in [0.4, 0.5) is 5.69 Å². The number of benzene rings is 4. The highest BCUT2D eigenvalue weighted by atomic mass is 16.1. The number of rotatable bonds is 6. The smallest absolute Gasteiger partial charge is 0.255 e. The van der Waals surface area contributed by atoms with E-state index >= 15 is 0 Å². The van der Waals surface area contributed by atoms with Gasteiger partial charge < -0.3 is 10.6 Å². The fourth-order valence-electron chi connectivity index (χ4n) is 6.06. The van der Waals surface area contributed by atoms with Gasteiger partial charge in [-0.25, -0.2) is 0 Å². The van der Waals surface area contributed by atoms with Crippen LogP contribution in [-0.2, 0) is 6.42 Å². The van der Waals surface area contributed by atoms with Gasteiger partial charge in [0.2, 0.25) is 0 Å². The van der Waals surface area contributed by atoms with E-state index in [1.165, 1.54) is 26.8 Å². The molecule has 0 aliphatic heterocycles. The molecule has 0 saturated heterocycles. The maximum atomic E-state index is 13.8. The molecule has 4 heteroatoms. The molecule has 0 saturated carbocycles. The summed E-state index contributed by atoms with van der Waals surface area (Å²) < 4.78 is 0. The van der Waals surface area contributed by atoms with E-state index in [4.69, 9.17) is 0 Å². The average Bonchev–Trinajstić information content (AvgIpc) is 2.97. The van der Waals surface area contributed by atoms with E-state index in [1.54, 1.807) is 0 Å². The molecule has 4 aromatic rings. The molecule has 2 N–H and O–H groups in total. The lowest BCUT2D eigenvalue weighted by Crippen LogP contribution is -2.31. The molecule has 0 fully saturated rings. The van der Waals surface area contributed by atoms with Crippen LogP contribution >= 0.6 is 0 Å². The van der Waals surface area contributed by atoms with Crippen LogP contribution in [0.15, 0.2) is 84.9 Å². The Hall–Kier alpha value is -4.28. The molecule has 0 aromatic heterocycles. The summed E-state index contributed by atoms with van der Waals surface area (Å²) in [6.45, 7) is 4.93. The first-order chi connectivity index (χ1) is 19.0. The van der Waals surface area contributed by atoms with Gasteiger partial charge in [-0.3, -0.25) is 9.59 Å². The normalized spacial score (nSPS) is 15.4. The Kier molecular flexibility index (Phi) is 6.72. The Balaban J connectivity index is 1.38. The number of anilines is 1. The van der Waals surface area contributed by atoms with Crippen molar-refractivity contribution in [2.45, 2.75) is 39.2 Å². The minimum absolute atomic E-state index is 0.0628. The minimum atomic E-state index is -0.152. The molecule has 4 aromatic carbocycles. The lowest BCUT2D eigenvalue weighted by molar-refractivity contribution is 0.102. The molecule has 39 heavy (non-hydrogen) atoms. The van der Waals surface area contributed by atoms with Crippen LogP contribution in [0.25, 0.3) is 11.6 Å². The number of amides is 1. The van der Waals surface area contributed by atoms with Gasteiger partial charge in [0.15, 0.2) is 5.78 Å². The zero-order chi connectivity index (χ0) is 26.9. The number of hydrogen-bond acceptors (Lipinski definition) is 3. The number of carbonyl (C=O) groups is 2. The Morgan fingerprint density at radius 2 is 1.56 bits per heavy atom. The zero-order valence-corrected chi connectivity index (χ0v) is 22.4. The Morgan fingerprint density at radius 1 is 0.821 bits per heavy atom. The highest BCUT2D eigenvalue weighted by molar-refractivity contribution is 6.24. The highest BCUT2D eigenvalue weighted by Gasteiger charge is 2.24. The number of nitrogens with one attached hydrogen (secondary N) is 2. The van der Waals surface area contributed by atoms with Gasteiger partial charge in [0.1, 0.15) is 0 Å². The van der Waals surface area contributed by atoms with Crippen molar-refractivity contribution in [2.24, 2.45) is 0 Å². The van der Waals surface area contributed by atoms with E-state index in [2.05, 4.69) is 60.0 Å². The SMILES string of the molecule is CCNC1C=c2ccccc2=c2ccc3c(c21)CCCC=3C(=O)c1ccc(NC(=O)c2ccccc2C)cc1. The maximum Gasteiger partial charge on any atom is 0.255 e. The van der Waals surface area contributed by atoms with Crippen molar-refractivity contribution >= 4 is 29.0 Å². The molecule has 1 unspecified atom stereocenters. The lowest BCUT2D eigenvalue weighted by atomic mass is 9.82. The summed E-state index contributed by atoms with van der Waals surface area (Å²) in [7, 11) is 0. The quantitative estimate of drug-likeness (QED) is 0.343. The van der Waals surface area contributed by atoms with E-state index in [0.29, 0.717) is 16.8 Å². The number of hydrogen-bond donors (Lipinski definition) is 2. The molecule has 194 valence electrons. The predicted molar refractivity (Wildman–Crippen MR) is 157 cm³/mol. The second-order valence-corrected chi connectivity index (χ2v) is 10.3. The van der Waals surface area contributed by atoms with Gasteiger partial charge in [-0.1, -0.05) is 67.6 Å². The Morgan fingerprint density at radius 3 is 2.36 bits per heavy atom. The maximum absolute atomic E-state index is 13.8. The monoisotopic (exact) mass is 512 g/mol. The van der Waals surface area contributed by atoms with Gasteiger partial charge in [0.25, 0.3) is 5.91 Å². The molecule has 1 atom stereocenters. The van der Waals surface area contributed by atoms with E-state index < -0.39 is 0 Å². The third-order valence-electron chi connectivity index (χ3n) is 7.94. The molecule has 6 rings (SSSR count). The van der Waals surface area contributed by atoms with Crippen molar-refractivity contribution in [3.63, 3.8) is 0 Å². The first kappa shape index (κ1) is 25.0. The summed E-state index contributed by atoms with van der Waals surface area (Å²) >= 11 is 0. The summed E-state index contributed by atoms with van der Waals surface area (Å²) in [5.74, 6) is -0.0889. The van der Waals surface area contributed by atoms with Crippen molar-refractivity contribution in [1.82, 2.24) is 5.32 Å². The van der Waals surface area contributed by atoms with Crippen molar-refractivity contribution in [2.75, 3.05) is 11.9 Å². The molecule has 0 bridgehead atoms. The van der Waals surface area contributed by atoms with Crippen LogP contribution in [0.5, 0.6) is 0 Å². The molecular weight excluding hydrogens is 480 g/mol. The number of aryl methyl sites for hydroxylation is 1. The predicted octanol–water partition coefficient (Wildman–Crippen LogP) is 5.35. The van der Waals surface area contributed by atoms with Gasteiger partial charge in [-0.15, -0.1) is 0 Å². The van der Waals surface area contributed by atoms with Crippen molar-refractivity contribution < 1.29 is 9.59 Å². The molecule has 0 heterocycles. The summed E-state index contributed by atoms with van der Waals surface area (Å²) in [5, 5.41) is 11.5. The topological polar surface area (TPSA) is 58.2 Å². The Labute approximate surface area is 228 Å². The number of ketones is 1. The van der Waals surface area contributed by atoms with E-state index in [9.17, 15) is 9.59 Å². The zero-order valence-electron chi connectivity index (χ0n) is 22.4. The van der Waals surface area contributed by atoms with Crippen molar-refractivity contribution in [3.8, 4) is 0 Å². The van der Waals surface area contributed by atoms with Crippen LogP contribution in [0.2, 0.25) is 0 Å². The van der Waals surface area contributed by atoms with Crippen LogP contribution in [0, 0.1) is 17.4 Å². The van der Waals surface area contributed by atoms with Crippen LogP contribution in [-0.4, -0.2) is 18.2 Å². The van der Waals surface area contributed by atoms with Gasteiger partial charge in [-0.05, 0) is 101 Å². The second kappa shape index (κ2) is 10.5. The highest BCUT2D eigenvalue weighted by Crippen LogP contribution is 2.28. The van der Waals surface area contributed by atoms with Gasteiger partial charge in [0, 0.05) is 22.4 Å². The third-order valence-corrected chi connectivity index (χ3v) is 7.94. The standard InChI is InChI=1S/C35H32N2O2/c1-3-36-32-21-24-10-5-7-12-27(24)30-20-19-28-29(33(30)32)13-8-14-31(28)34(38)23-15-17-25(18-16-23)37-35(39)26-11-6-4-9-22(26)2/h4-7,9-12,15-21,32,36H,3,8,13-14H2,1-2H3,(H,37,39). The number of fused-ring (bicyclic) bond motifs is 4. The molecule has 2 aliphatic rings. The van der Waals surface area contributed by atoms with Crippen molar-refractivity contribution in [1.29, 1.82) is 0 Å². The van der Waals surface area contributed by atoms with Gasteiger partial charge >= 0.3 is 0 Å². The van der Waals surface area contributed by atoms with Crippen LogP contribution < -0.4 is 21.1 Å². The molecule has 0 radical (unpaired) electrons. The minimum Gasteiger partial charge on any atom is -0.322 e. The largest absolute Gasteiger partial charge is 0.322 e. The van der Waals surface area contributed by atoms with Gasteiger partial charge in [-0.2, -0.15) is 0 Å². The molecule has 2 aliphatic carbocycles. The summed E-state index contributed by atoms with van der Waals surface area (Å²) in [6, 6.07) is 27.8. The average molecular weight is 513 g/mol. The van der Waals surface area contributed by atoms with Crippen LogP contribution in [0.3, 0.4) is 0 Å². The van der Waals surface area contributed by atoms with Gasteiger partial charge in [0.05, 0.1) is 6.04 Å². The van der Waals surface area contributed by atoms with E-state index in [0.717, 1.165) is 42.2 Å². The summed E-state index contributed by atoms with van der Waals surface area (Å²) in [6.07, 6.45) is 5.01. The van der Waals surface area contributed by atoms with E-state index in [-0.39, 0.29) is 17.7 Å². The number of carbonyl (C=O) groups excluding carboxylic acids is 2. The number of Topliss-reactive ketones (excluding diaryl/α,β-unsaturated/α-hetero) is 1. The molecular formula is C35H32N2O2. The fourth-order valence-corrected chi connectivity index (χ4v) is 6.06. The van der Waals surface area contributed by atoms with Crippen molar-refractivity contribution in [3.05, 3.63) is 134 Å². The molecule has 4 nitrogen and oxygen atoms in total. The molecule has 0 spiro atoms. The summed E-state index contributed by atoms with van der Waals surface area (Å²) in [4.78, 5) is 26.5.